The van der Waals surface area contributed by atoms with Crippen molar-refractivity contribution in [3.63, 3.8) is 0 Å². The highest BCUT2D eigenvalue weighted by molar-refractivity contribution is 7.92. The number of para-hydroxylation sites is 1. The monoisotopic (exact) mass is 336 g/mol. The van der Waals surface area contributed by atoms with Gasteiger partial charge in [-0.2, -0.15) is 0 Å². The lowest BCUT2D eigenvalue weighted by molar-refractivity contribution is -0.111. The second-order valence-corrected chi connectivity index (χ2v) is 6.39. The molecule has 0 bridgehead atoms. The molecule has 22 heavy (non-hydrogen) atoms. The fourth-order valence-corrected chi connectivity index (χ4v) is 2.98. The summed E-state index contributed by atoms with van der Waals surface area (Å²) in [6.45, 7) is 3.34. The number of anilines is 2. The summed E-state index contributed by atoms with van der Waals surface area (Å²) in [5.74, 6) is -0.371. The molecule has 0 aliphatic rings. The smallest absolute Gasteiger partial charge is 0.261 e. The van der Waals surface area contributed by atoms with Gasteiger partial charge in [-0.3, -0.25) is 9.52 Å². The largest absolute Gasteiger partial charge is 0.323 e. The van der Waals surface area contributed by atoms with Gasteiger partial charge in [0.1, 0.15) is 0 Å². The lowest BCUT2D eigenvalue weighted by atomic mass is 10.3. The Bertz CT molecular complexity index is 802. The first-order valence-corrected chi connectivity index (χ1v) is 8.09. The first-order valence-electron chi connectivity index (χ1n) is 6.23. The van der Waals surface area contributed by atoms with Crippen LogP contribution in [0.5, 0.6) is 0 Å². The van der Waals surface area contributed by atoms with E-state index in [0.29, 0.717) is 16.4 Å². The van der Waals surface area contributed by atoms with Crippen molar-refractivity contribution in [2.75, 3.05) is 10.0 Å². The number of hydrogen-bond acceptors (Lipinski definition) is 3. The Balaban J connectivity index is 2.21. The van der Waals surface area contributed by atoms with Crippen molar-refractivity contribution >= 4 is 38.9 Å². The van der Waals surface area contributed by atoms with Gasteiger partial charge in [0.2, 0.25) is 5.91 Å². The molecule has 0 aliphatic carbocycles. The van der Waals surface area contributed by atoms with E-state index in [2.05, 4.69) is 16.6 Å². The lowest BCUT2D eigenvalue weighted by Gasteiger charge is -2.10. The van der Waals surface area contributed by atoms with Crippen molar-refractivity contribution in [1.29, 1.82) is 0 Å². The van der Waals surface area contributed by atoms with E-state index in [0.717, 1.165) is 6.08 Å². The molecule has 0 atom stereocenters. The van der Waals surface area contributed by atoms with E-state index in [1.54, 1.807) is 24.3 Å². The molecule has 0 aromatic heterocycles. The molecule has 2 N–H and O–H groups in total. The zero-order valence-corrected chi connectivity index (χ0v) is 13.0. The molecule has 0 saturated heterocycles. The maximum Gasteiger partial charge on any atom is 0.261 e. The summed E-state index contributed by atoms with van der Waals surface area (Å²) in [5.41, 5.74) is 0.773. The van der Waals surface area contributed by atoms with E-state index in [4.69, 9.17) is 11.6 Å². The average molecular weight is 337 g/mol. The van der Waals surface area contributed by atoms with Crippen molar-refractivity contribution in [2.24, 2.45) is 0 Å². The van der Waals surface area contributed by atoms with Gasteiger partial charge in [-0.25, -0.2) is 8.42 Å². The molecule has 2 aromatic rings. The standard InChI is InChI=1S/C15H13ClN2O3S/c1-2-15(19)17-11-7-9-12(10-8-11)22(20,21)18-14-6-4-3-5-13(14)16/h2-10,18H,1H2,(H,17,19). The average Bonchev–Trinajstić information content (AvgIpc) is 2.50. The summed E-state index contributed by atoms with van der Waals surface area (Å²) >= 11 is 5.93. The third kappa shape index (κ3) is 3.87. The van der Waals surface area contributed by atoms with Crippen molar-refractivity contribution < 1.29 is 13.2 Å². The topological polar surface area (TPSA) is 75.3 Å². The van der Waals surface area contributed by atoms with E-state index < -0.39 is 10.0 Å². The molecular weight excluding hydrogens is 324 g/mol. The number of sulfonamides is 1. The van der Waals surface area contributed by atoms with Crippen LogP contribution in [0.4, 0.5) is 11.4 Å². The van der Waals surface area contributed by atoms with E-state index >= 15 is 0 Å². The predicted octanol–water partition coefficient (Wildman–Crippen LogP) is 3.27. The number of carbonyl (C=O) groups is 1. The highest BCUT2D eigenvalue weighted by atomic mass is 35.5. The summed E-state index contributed by atoms with van der Waals surface area (Å²) < 4.78 is 27.0. The quantitative estimate of drug-likeness (QED) is 0.823. The van der Waals surface area contributed by atoms with Crippen LogP contribution in [-0.4, -0.2) is 14.3 Å². The number of halogens is 1. The molecule has 0 fully saturated rings. The first kappa shape index (κ1) is 16.1. The van der Waals surface area contributed by atoms with Gasteiger partial charge in [0.15, 0.2) is 0 Å². The molecule has 2 rings (SSSR count). The number of nitrogens with one attached hydrogen (secondary N) is 2. The minimum atomic E-state index is -3.75. The summed E-state index contributed by atoms with van der Waals surface area (Å²) in [6, 6.07) is 12.3. The molecule has 0 unspecified atom stereocenters. The maximum atomic E-state index is 12.3. The van der Waals surface area contributed by atoms with Gasteiger partial charge in [0.05, 0.1) is 15.6 Å². The van der Waals surface area contributed by atoms with Crippen LogP contribution in [0.2, 0.25) is 5.02 Å². The van der Waals surface area contributed by atoms with Crippen LogP contribution in [0.3, 0.4) is 0 Å². The molecule has 114 valence electrons. The Morgan fingerprint density at radius 2 is 1.73 bits per heavy atom. The van der Waals surface area contributed by atoms with Crippen LogP contribution < -0.4 is 10.0 Å². The normalized spacial score (nSPS) is 10.8. The Morgan fingerprint density at radius 1 is 1.09 bits per heavy atom. The van der Waals surface area contributed by atoms with Crippen LogP contribution in [0.15, 0.2) is 66.1 Å². The minimum absolute atomic E-state index is 0.0593. The molecule has 0 spiro atoms. The highest BCUT2D eigenvalue weighted by Gasteiger charge is 2.15. The predicted molar refractivity (Wildman–Crippen MR) is 87.5 cm³/mol. The van der Waals surface area contributed by atoms with Crippen molar-refractivity contribution in [3.8, 4) is 0 Å². The molecule has 7 heteroatoms. The zero-order chi connectivity index (χ0) is 16.2. The van der Waals surface area contributed by atoms with E-state index in [9.17, 15) is 13.2 Å². The number of benzene rings is 2. The van der Waals surface area contributed by atoms with E-state index in [1.807, 2.05) is 0 Å². The SMILES string of the molecule is C=CC(=O)Nc1ccc(S(=O)(=O)Nc2ccccc2Cl)cc1. The Labute approximate surface area is 133 Å². The maximum absolute atomic E-state index is 12.3. The molecule has 1 amide bonds. The zero-order valence-electron chi connectivity index (χ0n) is 11.4. The molecule has 0 aliphatic heterocycles. The minimum Gasteiger partial charge on any atom is -0.323 e. The molecule has 0 saturated carbocycles. The van der Waals surface area contributed by atoms with Crippen LogP contribution in [-0.2, 0) is 14.8 Å². The third-order valence-electron chi connectivity index (χ3n) is 2.74. The summed E-state index contributed by atoms with van der Waals surface area (Å²) in [4.78, 5) is 11.2. The van der Waals surface area contributed by atoms with Crippen LogP contribution >= 0.6 is 11.6 Å². The summed E-state index contributed by atoms with van der Waals surface area (Å²) in [5, 5.41) is 2.84. The Morgan fingerprint density at radius 3 is 2.32 bits per heavy atom. The third-order valence-corrected chi connectivity index (χ3v) is 4.45. The van der Waals surface area contributed by atoms with Gasteiger partial charge < -0.3 is 5.32 Å². The molecule has 0 radical (unpaired) electrons. The van der Waals surface area contributed by atoms with Crippen LogP contribution in [0.25, 0.3) is 0 Å². The molecule has 2 aromatic carbocycles. The van der Waals surface area contributed by atoms with Crippen LogP contribution in [0.1, 0.15) is 0 Å². The van der Waals surface area contributed by atoms with Gasteiger partial charge >= 0.3 is 0 Å². The van der Waals surface area contributed by atoms with Gasteiger partial charge in [-0.1, -0.05) is 30.3 Å². The van der Waals surface area contributed by atoms with Gasteiger partial charge in [0.25, 0.3) is 10.0 Å². The second kappa shape index (κ2) is 6.64. The number of carbonyl (C=O) groups excluding carboxylic acids is 1. The number of amides is 1. The fraction of sp³-hybridized carbons (Fsp3) is 0. The van der Waals surface area contributed by atoms with E-state index in [-0.39, 0.29) is 10.8 Å². The fourth-order valence-electron chi connectivity index (χ4n) is 1.66. The molecule has 5 nitrogen and oxygen atoms in total. The van der Waals surface area contributed by atoms with Crippen molar-refractivity contribution in [3.05, 3.63) is 66.2 Å². The lowest BCUT2D eigenvalue weighted by Crippen LogP contribution is -2.13. The summed E-state index contributed by atoms with van der Waals surface area (Å²) in [6.07, 6.45) is 1.13. The van der Waals surface area contributed by atoms with Gasteiger partial charge in [-0.15, -0.1) is 0 Å². The second-order valence-electron chi connectivity index (χ2n) is 4.30. The Kier molecular flexibility index (Phi) is 4.85. The molecular formula is C15H13ClN2O3S. The van der Waals surface area contributed by atoms with E-state index in [1.165, 1.54) is 24.3 Å². The van der Waals surface area contributed by atoms with Crippen molar-refractivity contribution in [1.82, 2.24) is 0 Å². The Hall–Kier alpha value is -2.31. The van der Waals surface area contributed by atoms with Crippen LogP contribution in [0, 0.1) is 0 Å². The number of rotatable bonds is 5. The number of hydrogen-bond donors (Lipinski definition) is 2. The van der Waals surface area contributed by atoms with Gasteiger partial charge in [-0.05, 0) is 42.5 Å². The summed E-state index contributed by atoms with van der Waals surface area (Å²) in [7, 11) is -3.75. The molecule has 0 heterocycles. The van der Waals surface area contributed by atoms with Crippen molar-refractivity contribution in [2.45, 2.75) is 4.90 Å². The van der Waals surface area contributed by atoms with Gasteiger partial charge in [0, 0.05) is 5.69 Å². The first-order chi connectivity index (χ1) is 10.4. The highest BCUT2D eigenvalue weighted by Crippen LogP contribution is 2.24.